The van der Waals surface area contributed by atoms with E-state index >= 15 is 0 Å². The fourth-order valence-electron chi connectivity index (χ4n) is 1.83. The first-order valence-corrected chi connectivity index (χ1v) is 5.25. The van der Waals surface area contributed by atoms with Gasteiger partial charge >= 0.3 is 0 Å². The topological polar surface area (TPSA) is 90.4 Å². The predicted molar refractivity (Wildman–Crippen MR) is 62.7 cm³/mol. The number of nitrogens with zero attached hydrogens (tertiary/aromatic N) is 1. The number of fused-ring (bicyclic) bond motifs is 1. The van der Waals surface area contributed by atoms with Gasteiger partial charge in [0.15, 0.2) is 0 Å². The Morgan fingerprint density at radius 1 is 1.47 bits per heavy atom. The Morgan fingerprint density at radius 2 is 2.24 bits per heavy atom. The second-order valence-electron chi connectivity index (χ2n) is 3.71. The molecule has 0 atom stereocenters. The number of nitrogens with one attached hydrogen (secondary N) is 1. The summed E-state index contributed by atoms with van der Waals surface area (Å²) < 4.78 is 5.52. The summed E-state index contributed by atoms with van der Waals surface area (Å²) in [5.41, 5.74) is 5.01. The lowest BCUT2D eigenvalue weighted by molar-refractivity contribution is -0.479. The van der Waals surface area contributed by atoms with Gasteiger partial charge < -0.3 is 10.2 Å². The van der Waals surface area contributed by atoms with Gasteiger partial charge in [0.05, 0.1) is 5.70 Å². The van der Waals surface area contributed by atoms with Crippen LogP contribution in [-0.2, 0) is 0 Å². The Kier molecular flexibility index (Phi) is 3.24. The van der Waals surface area contributed by atoms with Gasteiger partial charge in [0.1, 0.15) is 12.4 Å². The van der Waals surface area contributed by atoms with Crippen molar-refractivity contribution < 1.29 is 9.66 Å². The molecular formula is C11H13N3O3. The highest BCUT2D eigenvalue weighted by Crippen LogP contribution is 2.31. The van der Waals surface area contributed by atoms with E-state index in [1.54, 1.807) is 0 Å². The number of ether oxygens (including phenoxy) is 1. The van der Waals surface area contributed by atoms with E-state index in [4.69, 9.17) is 10.6 Å². The molecule has 17 heavy (non-hydrogen) atoms. The van der Waals surface area contributed by atoms with Gasteiger partial charge in [-0.15, -0.1) is 0 Å². The SMILES string of the molecule is NNC1=C(CC[N+](=O)[O-])COc2ccccc21. The van der Waals surface area contributed by atoms with E-state index in [1.165, 1.54) is 0 Å². The lowest BCUT2D eigenvalue weighted by atomic mass is 10.0. The molecule has 0 amide bonds. The second-order valence-corrected chi connectivity index (χ2v) is 3.71. The van der Waals surface area contributed by atoms with Crippen LogP contribution in [0.5, 0.6) is 5.75 Å². The molecule has 1 aromatic rings. The predicted octanol–water partition coefficient (Wildman–Crippen LogP) is 0.920. The molecule has 90 valence electrons. The molecule has 0 saturated carbocycles. The highest BCUT2D eigenvalue weighted by atomic mass is 16.6. The van der Waals surface area contributed by atoms with Gasteiger partial charge in [0, 0.05) is 16.9 Å². The average Bonchev–Trinajstić information content (AvgIpc) is 2.35. The minimum Gasteiger partial charge on any atom is -0.488 e. The van der Waals surface area contributed by atoms with Crippen molar-refractivity contribution in [1.82, 2.24) is 5.43 Å². The number of rotatable bonds is 4. The first-order chi connectivity index (χ1) is 8.22. The Bertz CT molecular complexity index is 471. The molecule has 6 nitrogen and oxygen atoms in total. The van der Waals surface area contributed by atoms with Crippen LogP contribution in [0.25, 0.3) is 5.70 Å². The van der Waals surface area contributed by atoms with Gasteiger partial charge in [-0.25, -0.2) is 0 Å². The smallest absolute Gasteiger partial charge is 0.207 e. The maximum atomic E-state index is 10.4. The molecule has 1 heterocycles. The van der Waals surface area contributed by atoms with E-state index in [0.29, 0.717) is 13.0 Å². The number of hydrogen-bond acceptors (Lipinski definition) is 5. The highest BCUT2D eigenvalue weighted by molar-refractivity contribution is 5.73. The molecule has 0 aliphatic carbocycles. The van der Waals surface area contributed by atoms with Crippen LogP contribution < -0.4 is 16.0 Å². The Morgan fingerprint density at radius 3 is 2.94 bits per heavy atom. The fraction of sp³-hybridized carbons (Fsp3) is 0.273. The Labute approximate surface area is 98.2 Å². The molecule has 0 fully saturated rings. The highest BCUT2D eigenvalue weighted by Gasteiger charge is 2.20. The van der Waals surface area contributed by atoms with Crippen LogP contribution in [0, 0.1) is 10.1 Å². The monoisotopic (exact) mass is 235 g/mol. The second kappa shape index (κ2) is 4.84. The van der Waals surface area contributed by atoms with Gasteiger partial charge in [0.2, 0.25) is 6.54 Å². The van der Waals surface area contributed by atoms with Crippen molar-refractivity contribution >= 4 is 5.70 Å². The van der Waals surface area contributed by atoms with E-state index in [9.17, 15) is 10.1 Å². The minimum atomic E-state index is -0.346. The van der Waals surface area contributed by atoms with Crippen LogP contribution >= 0.6 is 0 Å². The zero-order chi connectivity index (χ0) is 12.3. The van der Waals surface area contributed by atoms with Crippen LogP contribution in [0.1, 0.15) is 12.0 Å². The summed E-state index contributed by atoms with van der Waals surface area (Å²) in [4.78, 5) is 10.0. The third-order valence-corrected chi connectivity index (χ3v) is 2.65. The van der Waals surface area contributed by atoms with Crippen molar-refractivity contribution in [3.05, 3.63) is 45.5 Å². The molecule has 0 saturated heterocycles. The van der Waals surface area contributed by atoms with E-state index < -0.39 is 0 Å². The largest absolute Gasteiger partial charge is 0.488 e. The normalized spacial score (nSPS) is 13.9. The van der Waals surface area contributed by atoms with Crippen LogP contribution in [0.15, 0.2) is 29.8 Å². The number of nitro groups is 1. The van der Waals surface area contributed by atoms with Crippen molar-refractivity contribution in [3.8, 4) is 5.75 Å². The lowest BCUT2D eigenvalue weighted by Gasteiger charge is -2.22. The van der Waals surface area contributed by atoms with Gasteiger partial charge in [0.25, 0.3) is 0 Å². The minimum absolute atomic E-state index is 0.119. The van der Waals surface area contributed by atoms with Gasteiger partial charge in [-0.3, -0.25) is 16.0 Å². The standard InChI is InChI=1S/C11H13N3O3/c12-13-11-8(5-6-14(15)16)7-17-10-4-2-1-3-9(10)11/h1-4,13H,5-7,12H2. The molecule has 2 rings (SSSR count). The molecule has 0 bridgehead atoms. The number of hydrazine groups is 1. The van der Waals surface area contributed by atoms with Crippen molar-refractivity contribution in [2.45, 2.75) is 6.42 Å². The molecule has 1 aromatic carbocycles. The molecule has 1 aliphatic rings. The van der Waals surface area contributed by atoms with Crippen LogP contribution in [-0.4, -0.2) is 18.1 Å². The summed E-state index contributed by atoms with van der Waals surface area (Å²) in [6.07, 6.45) is 0.334. The van der Waals surface area contributed by atoms with E-state index in [2.05, 4.69) is 5.43 Å². The number of benzene rings is 1. The molecule has 3 N–H and O–H groups in total. The molecule has 0 spiro atoms. The molecule has 0 aromatic heterocycles. The Hall–Kier alpha value is -2.08. The Balaban J connectivity index is 2.30. The van der Waals surface area contributed by atoms with E-state index in [-0.39, 0.29) is 11.5 Å². The summed E-state index contributed by atoms with van der Waals surface area (Å²) in [6, 6.07) is 7.46. The number of hydrogen-bond donors (Lipinski definition) is 2. The van der Waals surface area contributed by atoms with E-state index in [1.807, 2.05) is 24.3 Å². The fourth-order valence-corrected chi connectivity index (χ4v) is 1.83. The molecular weight excluding hydrogens is 222 g/mol. The molecule has 0 unspecified atom stereocenters. The van der Waals surface area contributed by atoms with Crippen LogP contribution in [0.3, 0.4) is 0 Å². The van der Waals surface area contributed by atoms with E-state index in [0.717, 1.165) is 22.6 Å². The van der Waals surface area contributed by atoms with Crippen molar-refractivity contribution in [2.24, 2.45) is 5.84 Å². The first-order valence-electron chi connectivity index (χ1n) is 5.25. The first kappa shape index (κ1) is 11.4. The average molecular weight is 235 g/mol. The van der Waals surface area contributed by atoms with Crippen LogP contribution in [0.4, 0.5) is 0 Å². The number of para-hydroxylation sites is 1. The van der Waals surface area contributed by atoms with Crippen molar-refractivity contribution in [3.63, 3.8) is 0 Å². The summed E-state index contributed by atoms with van der Waals surface area (Å²) in [6.45, 7) is 0.219. The molecule has 6 heteroatoms. The molecule has 0 radical (unpaired) electrons. The maximum Gasteiger partial charge on any atom is 0.207 e. The third-order valence-electron chi connectivity index (χ3n) is 2.65. The summed E-state index contributed by atoms with van der Waals surface area (Å²) >= 11 is 0. The van der Waals surface area contributed by atoms with Crippen molar-refractivity contribution in [2.75, 3.05) is 13.2 Å². The zero-order valence-electron chi connectivity index (χ0n) is 9.18. The maximum absolute atomic E-state index is 10.4. The lowest BCUT2D eigenvalue weighted by Crippen LogP contribution is -2.26. The summed E-state index contributed by atoms with van der Waals surface area (Å²) in [7, 11) is 0. The quantitative estimate of drug-likeness (QED) is 0.460. The van der Waals surface area contributed by atoms with Crippen molar-refractivity contribution in [1.29, 1.82) is 0 Å². The van der Waals surface area contributed by atoms with Gasteiger partial charge in [-0.05, 0) is 17.7 Å². The summed E-state index contributed by atoms with van der Waals surface area (Å²) in [5, 5.41) is 10.4. The van der Waals surface area contributed by atoms with Crippen LogP contribution in [0.2, 0.25) is 0 Å². The van der Waals surface area contributed by atoms with Gasteiger partial charge in [-0.1, -0.05) is 12.1 Å². The zero-order valence-corrected chi connectivity index (χ0v) is 9.18. The summed E-state index contributed by atoms with van der Waals surface area (Å²) in [5.74, 6) is 6.22. The number of nitrogens with two attached hydrogens (primary N) is 1. The van der Waals surface area contributed by atoms with Gasteiger partial charge in [-0.2, -0.15) is 0 Å². The third kappa shape index (κ3) is 2.36. The molecule has 1 aliphatic heterocycles.